The second-order valence-electron chi connectivity index (χ2n) is 14.1. The summed E-state index contributed by atoms with van der Waals surface area (Å²) in [6, 6.07) is 12.8. The number of benzene rings is 1. The topological polar surface area (TPSA) is 108 Å². The maximum Gasteiger partial charge on any atom is 0.410 e. The van der Waals surface area contributed by atoms with Crippen LogP contribution in [0.4, 0.5) is 4.79 Å². The zero-order valence-electron chi connectivity index (χ0n) is 29.2. The number of halogens is 1. The number of imidazole rings is 1. The van der Waals surface area contributed by atoms with E-state index in [2.05, 4.69) is 28.1 Å². The number of nitrogens with zero attached hydrogens (tertiary/aromatic N) is 7. The van der Waals surface area contributed by atoms with Gasteiger partial charge >= 0.3 is 6.09 Å². The second-order valence-corrected chi connectivity index (χ2v) is 14.5. The predicted molar refractivity (Wildman–Crippen MR) is 191 cm³/mol. The van der Waals surface area contributed by atoms with Gasteiger partial charge in [0.1, 0.15) is 12.1 Å². The molecule has 3 aliphatic rings. The van der Waals surface area contributed by atoms with Crippen molar-refractivity contribution in [3.8, 4) is 0 Å². The summed E-state index contributed by atoms with van der Waals surface area (Å²) in [6.45, 7) is 4.69. The van der Waals surface area contributed by atoms with Gasteiger partial charge in [-0.2, -0.15) is 0 Å². The quantitative estimate of drug-likeness (QED) is 0.180. The van der Waals surface area contributed by atoms with Crippen LogP contribution in [0.1, 0.15) is 78.2 Å². The third kappa shape index (κ3) is 8.20. The van der Waals surface area contributed by atoms with Crippen LogP contribution < -0.4 is 4.73 Å². The van der Waals surface area contributed by atoms with Gasteiger partial charge in [-0.05, 0) is 92.3 Å². The highest BCUT2D eigenvalue weighted by atomic mass is 35.5. The first-order valence-electron chi connectivity index (χ1n) is 18.2. The number of aromatic nitrogens is 4. The number of carbonyl (C=O) groups is 2. The van der Waals surface area contributed by atoms with Crippen LogP contribution >= 0.6 is 11.6 Å². The van der Waals surface area contributed by atoms with Crippen molar-refractivity contribution in [2.45, 2.75) is 89.6 Å². The highest BCUT2D eigenvalue weighted by Crippen LogP contribution is 2.38. The number of aryl methyl sites for hydroxylation is 4. The van der Waals surface area contributed by atoms with E-state index in [9.17, 15) is 14.8 Å². The van der Waals surface area contributed by atoms with E-state index in [-0.39, 0.29) is 18.1 Å². The standard InChI is InChI=1S/C39H47ClN7O4/c1-28-24-43(27-42-28)17-6-18-45(25-29-14-19-46(50)20-15-29)38(48)35-26-44(21-22-47(35)39(49)51-33-8-3-2-4-9-33)37-34-13-12-32(40)23-31(34)11-10-30-7-5-16-41-36(30)37/h5,7,12-16,19-20,23-24,27,33,35,37,50H,2-4,6,8-11,17-18,21-22,25-26H2,1H3/q+1/t35-,37+/m1/s1. The highest BCUT2D eigenvalue weighted by molar-refractivity contribution is 6.30. The van der Waals surface area contributed by atoms with Gasteiger partial charge in [0.05, 0.1) is 23.8 Å². The molecule has 2 fully saturated rings. The lowest BCUT2D eigenvalue weighted by Gasteiger charge is -2.45. The zero-order chi connectivity index (χ0) is 35.3. The van der Waals surface area contributed by atoms with E-state index in [1.807, 2.05) is 47.2 Å². The van der Waals surface area contributed by atoms with E-state index < -0.39 is 12.1 Å². The minimum Gasteiger partial charge on any atom is -0.446 e. The van der Waals surface area contributed by atoms with Crippen LogP contribution in [0.25, 0.3) is 0 Å². The molecule has 0 spiro atoms. The van der Waals surface area contributed by atoms with E-state index >= 15 is 0 Å². The molecule has 51 heavy (non-hydrogen) atoms. The largest absolute Gasteiger partial charge is 0.446 e. The van der Waals surface area contributed by atoms with Crippen molar-refractivity contribution in [1.29, 1.82) is 0 Å². The van der Waals surface area contributed by atoms with E-state index in [0.29, 0.717) is 50.7 Å². The summed E-state index contributed by atoms with van der Waals surface area (Å²) in [7, 11) is 0. The number of amides is 2. The molecule has 7 rings (SSSR count). The van der Waals surface area contributed by atoms with Gasteiger partial charge in [-0.25, -0.2) is 9.78 Å². The van der Waals surface area contributed by atoms with Crippen LogP contribution in [0.2, 0.25) is 5.02 Å². The fourth-order valence-corrected chi connectivity index (χ4v) is 8.10. The summed E-state index contributed by atoms with van der Waals surface area (Å²) in [5, 5.41) is 10.6. The average molecular weight is 713 g/mol. The average Bonchev–Trinajstić information content (AvgIpc) is 3.49. The molecule has 1 saturated carbocycles. The zero-order valence-corrected chi connectivity index (χ0v) is 30.0. The summed E-state index contributed by atoms with van der Waals surface area (Å²) < 4.78 is 9.14. The van der Waals surface area contributed by atoms with Crippen molar-refractivity contribution >= 4 is 23.6 Å². The first-order chi connectivity index (χ1) is 24.8. The molecule has 1 aromatic carbocycles. The van der Waals surface area contributed by atoms with Crippen molar-refractivity contribution in [3.63, 3.8) is 0 Å². The molecular weight excluding hydrogens is 666 g/mol. The van der Waals surface area contributed by atoms with Crippen molar-refractivity contribution < 1.29 is 24.3 Å². The Balaban J connectivity index is 1.21. The van der Waals surface area contributed by atoms with Gasteiger partial charge < -0.3 is 14.2 Å². The number of fused-ring (bicyclic) bond motifs is 2. The van der Waals surface area contributed by atoms with Crippen molar-refractivity contribution in [2.75, 3.05) is 26.2 Å². The second kappa shape index (κ2) is 15.8. The minimum atomic E-state index is -0.775. The first kappa shape index (κ1) is 34.9. The smallest absolute Gasteiger partial charge is 0.410 e. The molecule has 2 aliphatic carbocycles. The van der Waals surface area contributed by atoms with Crippen LogP contribution in [0.3, 0.4) is 0 Å². The van der Waals surface area contributed by atoms with Gasteiger partial charge in [-0.15, -0.1) is 0 Å². The molecule has 268 valence electrons. The molecule has 1 aliphatic heterocycles. The lowest BCUT2D eigenvalue weighted by atomic mass is 9.95. The number of carbonyl (C=O) groups excluding carboxylic acids is 2. The predicted octanol–water partition coefficient (Wildman–Crippen LogP) is 5.53. The highest BCUT2D eigenvalue weighted by Gasteiger charge is 2.43. The van der Waals surface area contributed by atoms with Crippen LogP contribution in [-0.2, 0) is 35.5 Å². The molecule has 11 nitrogen and oxygen atoms in total. The fraction of sp³-hybridized carbons (Fsp3) is 0.462. The van der Waals surface area contributed by atoms with Gasteiger partial charge in [-0.3, -0.25) is 24.8 Å². The summed E-state index contributed by atoms with van der Waals surface area (Å²) >= 11 is 6.51. The number of piperazine rings is 1. The number of pyridine rings is 2. The Bertz CT molecular complexity index is 1830. The van der Waals surface area contributed by atoms with Gasteiger partial charge in [0.15, 0.2) is 0 Å². The van der Waals surface area contributed by atoms with Crippen LogP contribution in [0.5, 0.6) is 0 Å². The van der Waals surface area contributed by atoms with Crippen molar-refractivity contribution in [2.24, 2.45) is 0 Å². The van der Waals surface area contributed by atoms with Gasteiger partial charge in [0, 0.05) is 73.5 Å². The summed E-state index contributed by atoms with van der Waals surface area (Å²) in [5.41, 5.74) is 6.29. The normalized spacial score (nSPS) is 19.5. The maximum absolute atomic E-state index is 15.0. The molecule has 0 radical (unpaired) electrons. The molecule has 1 saturated heterocycles. The van der Waals surface area contributed by atoms with Gasteiger partial charge in [0.2, 0.25) is 18.3 Å². The number of rotatable bonds is 9. The fourth-order valence-electron chi connectivity index (χ4n) is 7.91. The molecule has 2 atom stereocenters. The molecule has 4 aromatic rings. The Morgan fingerprint density at radius 1 is 1.04 bits per heavy atom. The number of ether oxygens (including phenoxy) is 1. The molecular formula is C39H47ClN7O4+. The summed E-state index contributed by atoms with van der Waals surface area (Å²) in [6.07, 6.45) is 15.6. The molecule has 1 N–H and O–H groups in total. The molecule has 2 amide bonds. The van der Waals surface area contributed by atoms with Crippen molar-refractivity contribution in [1.82, 2.24) is 29.2 Å². The third-order valence-corrected chi connectivity index (χ3v) is 10.8. The summed E-state index contributed by atoms with van der Waals surface area (Å²) in [5.74, 6) is -0.131. The Morgan fingerprint density at radius 3 is 2.63 bits per heavy atom. The van der Waals surface area contributed by atoms with Crippen LogP contribution in [0, 0.1) is 6.92 Å². The molecule has 4 heterocycles. The van der Waals surface area contributed by atoms with Gasteiger partial charge in [-0.1, -0.05) is 30.2 Å². The van der Waals surface area contributed by atoms with E-state index in [4.69, 9.17) is 21.3 Å². The van der Waals surface area contributed by atoms with E-state index in [1.54, 1.807) is 29.4 Å². The Hall–Kier alpha value is -4.48. The minimum absolute atomic E-state index is 0.126. The van der Waals surface area contributed by atoms with Crippen molar-refractivity contribution in [3.05, 3.63) is 112 Å². The lowest BCUT2D eigenvalue weighted by molar-refractivity contribution is -0.904. The SMILES string of the molecule is Cc1cn(CCCN(Cc2cc[n+](O)cc2)C(=O)[C@H]2CN([C@H]3c4ccc(Cl)cc4CCc4cccnc43)CCN2C(=O)OC2CCCCC2)cn1. The Labute approximate surface area is 304 Å². The molecule has 12 heteroatoms. The molecule has 3 aromatic heterocycles. The van der Waals surface area contributed by atoms with Crippen LogP contribution in [0.15, 0.2) is 73.6 Å². The molecule has 0 unspecified atom stereocenters. The third-order valence-electron chi connectivity index (χ3n) is 10.5. The van der Waals surface area contributed by atoms with Crippen LogP contribution in [-0.4, -0.2) is 84.8 Å². The van der Waals surface area contributed by atoms with Gasteiger partial charge in [0.25, 0.3) is 0 Å². The van der Waals surface area contributed by atoms with E-state index in [0.717, 1.165) is 72.2 Å². The summed E-state index contributed by atoms with van der Waals surface area (Å²) in [4.78, 5) is 44.1. The monoisotopic (exact) mass is 712 g/mol. The number of hydrogen-bond acceptors (Lipinski definition) is 7. The maximum atomic E-state index is 15.0. The number of hydrogen-bond donors (Lipinski definition) is 1. The Morgan fingerprint density at radius 2 is 1.84 bits per heavy atom. The molecule has 0 bridgehead atoms. The Kier molecular flexibility index (Phi) is 10.8. The van der Waals surface area contributed by atoms with E-state index in [1.165, 1.54) is 11.1 Å². The first-order valence-corrected chi connectivity index (χ1v) is 18.6. The lowest BCUT2D eigenvalue weighted by Crippen LogP contribution is -2.62.